The van der Waals surface area contributed by atoms with Crippen molar-refractivity contribution >= 4 is 5.91 Å². The van der Waals surface area contributed by atoms with E-state index in [1.165, 1.54) is 0 Å². The summed E-state index contributed by atoms with van der Waals surface area (Å²) in [5.41, 5.74) is 0. The van der Waals surface area contributed by atoms with Crippen molar-refractivity contribution in [1.82, 2.24) is 10.2 Å². The molecule has 13 heavy (non-hydrogen) atoms. The average molecular weight is 186 g/mol. The van der Waals surface area contributed by atoms with Crippen LogP contribution in [-0.4, -0.2) is 48.7 Å². The second kappa shape index (κ2) is 5.19. The summed E-state index contributed by atoms with van der Waals surface area (Å²) < 4.78 is 0. The Morgan fingerprint density at radius 2 is 2.31 bits per heavy atom. The lowest BCUT2D eigenvalue weighted by Crippen LogP contribution is -2.49. The summed E-state index contributed by atoms with van der Waals surface area (Å²) in [7, 11) is 0. The third-order valence-electron chi connectivity index (χ3n) is 2.32. The molecule has 1 aliphatic rings. The van der Waals surface area contributed by atoms with Crippen LogP contribution in [0.4, 0.5) is 0 Å². The Hall–Kier alpha value is -0.610. The largest absolute Gasteiger partial charge is 0.396 e. The first kappa shape index (κ1) is 10.5. The molecule has 0 aromatic rings. The van der Waals surface area contributed by atoms with Gasteiger partial charge in [-0.25, -0.2) is 0 Å². The zero-order valence-electron chi connectivity index (χ0n) is 8.12. The van der Waals surface area contributed by atoms with Crippen LogP contribution in [0, 0.1) is 5.92 Å². The SMILES string of the molecule is CCNC(=O)CCN1CC(CO)C1. The van der Waals surface area contributed by atoms with Gasteiger partial charge >= 0.3 is 0 Å². The van der Waals surface area contributed by atoms with E-state index in [4.69, 9.17) is 5.11 Å². The monoisotopic (exact) mass is 186 g/mol. The summed E-state index contributed by atoms with van der Waals surface area (Å²) in [4.78, 5) is 13.2. The average Bonchev–Trinajstić information content (AvgIpc) is 2.02. The normalized spacial score (nSPS) is 18.3. The molecule has 1 amide bonds. The zero-order valence-corrected chi connectivity index (χ0v) is 8.12. The highest BCUT2D eigenvalue weighted by molar-refractivity contribution is 5.75. The van der Waals surface area contributed by atoms with Crippen molar-refractivity contribution in [1.29, 1.82) is 0 Å². The fourth-order valence-corrected chi connectivity index (χ4v) is 1.52. The van der Waals surface area contributed by atoms with Crippen LogP contribution >= 0.6 is 0 Å². The summed E-state index contributed by atoms with van der Waals surface area (Å²) >= 11 is 0. The Morgan fingerprint density at radius 3 is 2.85 bits per heavy atom. The van der Waals surface area contributed by atoms with Gasteiger partial charge in [-0.2, -0.15) is 0 Å². The second-order valence-corrected chi connectivity index (χ2v) is 3.51. The van der Waals surface area contributed by atoms with Crippen LogP contribution in [0.2, 0.25) is 0 Å². The Labute approximate surface area is 78.9 Å². The summed E-state index contributed by atoms with van der Waals surface area (Å²) in [6.45, 7) is 5.60. The van der Waals surface area contributed by atoms with E-state index in [9.17, 15) is 4.79 Å². The van der Waals surface area contributed by atoms with Gasteiger partial charge in [0.15, 0.2) is 0 Å². The number of aliphatic hydroxyl groups excluding tert-OH is 1. The molecule has 76 valence electrons. The predicted molar refractivity (Wildman–Crippen MR) is 50.3 cm³/mol. The maximum absolute atomic E-state index is 11.1. The van der Waals surface area contributed by atoms with Gasteiger partial charge in [0.2, 0.25) is 5.91 Å². The van der Waals surface area contributed by atoms with Crippen LogP contribution in [0.15, 0.2) is 0 Å². The van der Waals surface area contributed by atoms with Gasteiger partial charge < -0.3 is 15.3 Å². The van der Waals surface area contributed by atoms with Gasteiger partial charge in [-0.3, -0.25) is 4.79 Å². The number of aliphatic hydroxyl groups is 1. The smallest absolute Gasteiger partial charge is 0.221 e. The maximum Gasteiger partial charge on any atom is 0.221 e. The number of carbonyl (C=O) groups is 1. The lowest BCUT2D eigenvalue weighted by molar-refractivity contribution is -0.121. The van der Waals surface area contributed by atoms with Crippen LogP contribution in [0.3, 0.4) is 0 Å². The van der Waals surface area contributed by atoms with Crippen molar-refractivity contribution in [3.63, 3.8) is 0 Å². The van der Waals surface area contributed by atoms with E-state index in [0.717, 1.165) is 19.6 Å². The molecular formula is C9H18N2O2. The molecule has 1 fully saturated rings. The lowest BCUT2D eigenvalue weighted by atomic mass is 10.0. The van der Waals surface area contributed by atoms with Crippen LogP contribution in [0.5, 0.6) is 0 Å². The molecule has 0 aromatic carbocycles. The lowest BCUT2D eigenvalue weighted by Gasteiger charge is -2.38. The molecule has 0 aromatic heterocycles. The van der Waals surface area contributed by atoms with Crippen molar-refractivity contribution in [3.05, 3.63) is 0 Å². The number of nitrogens with one attached hydrogen (secondary N) is 1. The van der Waals surface area contributed by atoms with Gasteiger partial charge in [-0.05, 0) is 6.92 Å². The first-order chi connectivity index (χ1) is 6.26. The number of nitrogens with zero attached hydrogens (tertiary/aromatic N) is 1. The quantitative estimate of drug-likeness (QED) is 0.605. The van der Waals surface area contributed by atoms with E-state index in [1.54, 1.807) is 0 Å². The first-order valence-corrected chi connectivity index (χ1v) is 4.86. The Kier molecular flexibility index (Phi) is 4.18. The van der Waals surface area contributed by atoms with Crippen LogP contribution in [-0.2, 0) is 4.79 Å². The molecule has 0 saturated carbocycles. The van der Waals surface area contributed by atoms with Gasteiger partial charge in [-0.1, -0.05) is 0 Å². The molecule has 1 rings (SSSR count). The first-order valence-electron chi connectivity index (χ1n) is 4.86. The molecule has 4 heteroatoms. The highest BCUT2D eigenvalue weighted by Crippen LogP contribution is 2.13. The number of carbonyl (C=O) groups excluding carboxylic acids is 1. The molecule has 2 N–H and O–H groups in total. The number of rotatable bonds is 5. The summed E-state index contributed by atoms with van der Waals surface area (Å²) in [6.07, 6.45) is 0.575. The highest BCUT2D eigenvalue weighted by atomic mass is 16.3. The summed E-state index contributed by atoms with van der Waals surface area (Å²) in [5.74, 6) is 0.559. The van der Waals surface area contributed by atoms with Crippen LogP contribution in [0.1, 0.15) is 13.3 Å². The molecule has 0 aliphatic carbocycles. The fraction of sp³-hybridized carbons (Fsp3) is 0.889. The molecule has 0 spiro atoms. The summed E-state index contributed by atoms with van der Waals surface area (Å²) in [6, 6.07) is 0. The molecule has 0 bridgehead atoms. The standard InChI is InChI=1S/C9H18N2O2/c1-2-10-9(13)3-4-11-5-8(6-11)7-12/h8,12H,2-7H2,1H3,(H,10,13). The molecule has 0 atom stereocenters. The number of hydrogen-bond acceptors (Lipinski definition) is 3. The minimum atomic E-state index is 0.120. The van der Waals surface area contributed by atoms with E-state index in [1.807, 2.05) is 6.92 Å². The number of amides is 1. The molecule has 0 unspecified atom stereocenters. The van der Waals surface area contributed by atoms with Crippen molar-refractivity contribution in [2.75, 3.05) is 32.8 Å². The molecule has 1 heterocycles. The van der Waals surface area contributed by atoms with Crippen LogP contribution < -0.4 is 5.32 Å². The fourth-order valence-electron chi connectivity index (χ4n) is 1.52. The highest BCUT2D eigenvalue weighted by Gasteiger charge is 2.25. The second-order valence-electron chi connectivity index (χ2n) is 3.51. The third-order valence-corrected chi connectivity index (χ3v) is 2.32. The van der Waals surface area contributed by atoms with Gasteiger partial charge in [-0.15, -0.1) is 0 Å². The van der Waals surface area contributed by atoms with E-state index < -0.39 is 0 Å². The third kappa shape index (κ3) is 3.32. The van der Waals surface area contributed by atoms with Gasteiger partial charge in [0.1, 0.15) is 0 Å². The van der Waals surface area contributed by atoms with Gasteiger partial charge in [0.25, 0.3) is 0 Å². The minimum Gasteiger partial charge on any atom is -0.396 e. The molecule has 4 nitrogen and oxygen atoms in total. The van der Waals surface area contributed by atoms with Gasteiger partial charge in [0, 0.05) is 45.1 Å². The van der Waals surface area contributed by atoms with Crippen molar-refractivity contribution < 1.29 is 9.90 Å². The molecule has 1 saturated heterocycles. The Morgan fingerprint density at radius 1 is 1.62 bits per heavy atom. The number of likely N-dealkylation sites (tertiary alicyclic amines) is 1. The Bertz CT molecular complexity index is 167. The van der Waals surface area contributed by atoms with E-state index in [-0.39, 0.29) is 12.5 Å². The van der Waals surface area contributed by atoms with E-state index in [2.05, 4.69) is 10.2 Å². The molecule has 1 aliphatic heterocycles. The van der Waals surface area contributed by atoms with Gasteiger partial charge in [0.05, 0.1) is 0 Å². The molecular weight excluding hydrogens is 168 g/mol. The maximum atomic E-state index is 11.1. The number of hydrogen-bond donors (Lipinski definition) is 2. The molecule has 0 radical (unpaired) electrons. The van der Waals surface area contributed by atoms with Crippen molar-refractivity contribution in [2.24, 2.45) is 5.92 Å². The minimum absolute atomic E-state index is 0.120. The summed E-state index contributed by atoms with van der Waals surface area (Å²) in [5, 5.41) is 11.5. The van der Waals surface area contributed by atoms with E-state index >= 15 is 0 Å². The predicted octanol–water partition coefficient (Wildman–Crippen LogP) is -0.563. The Balaban J connectivity index is 1.98. The topological polar surface area (TPSA) is 52.6 Å². The van der Waals surface area contributed by atoms with Crippen molar-refractivity contribution in [2.45, 2.75) is 13.3 Å². The van der Waals surface area contributed by atoms with E-state index in [0.29, 0.717) is 18.9 Å². The zero-order chi connectivity index (χ0) is 9.68. The van der Waals surface area contributed by atoms with Crippen LogP contribution in [0.25, 0.3) is 0 Å². The van der Waals surface area contributed by atoms with Crippen molar-refractivity contribution in [3.8, 4) is 0 Å².